The first kappa shape index (κ1) is 19.5. The van der Waals surface area contributed by atoms with Gasteiger partial charge in [-0.1, -0.05) is 12.5 Å². The minimum atomic E-state index is -0.129. The Morgan fingerprint density at radius 3 is 2.61 bits per heavy atom. The Bertz CT molecular complexity index is 526. The Labute approximate surface area is 144 Å². The van der Waals surface area contributed by atoms with E-state index in [1.807, 2.05) is 19.9 Å². The Hall–Kier alpha value is -1.59. The van der Waals surface area contributed by atoms with E-state index in [0.29, 0.717) is 24.3 Å². The zero-order chi connectivity index (χ0) is 15.9. The molecule has 23 heavy (non-hydrogen) atoms. The fourth-order valence-corrected chi connectivity index (χ4v) is 2.73. The average Bonchev–Trinajstić information content (AvgIpc) is 2.57. The quantitative estimate of drug-likeness (QED) is 0.867. The number of carbonyl (C=O) groups excluding carboxylic acids is 2. The van der Waals surface area contributed by atoms with Crippen molar-refractivity contribution in [1.82, 2.24) is 10.2 Å². The summed E-state index contributed by atoms with van der Waals surface area (Å²) < 4.78 is 0. The maximum absolute atomic E-state index is 12.3. The highest BCUT2D eigenvalue weighted by Gasteiger charge is 2.21. The molecule has 2 amide bonds. The molecule has 0 bridgehead atoms. The van der Waals surface area contributed by atoms with Crippen LogP contribution in [0.1, 0.15) is 43.5 Å². The standard InChI is InChI=1S/C17H25N3O2.ClH/c1-3-20(4-2)17(22)13-8-7-9-14(12-13)19-16(21)15-10-5-6-11-18-15;/h7-9,12,15,18H,3-6,10-11H2,1-2H3,(H,19,21);1H/t15-;/m0./s1. The summed E-state index contributed by atoms with van der Waals surface area (Å²) in [5, 5.41) is 6.14. The van der Waals surface area contributed by atoms with Gasteiger partial charge in [0.2, 0.25) is 5.91 Å². The molecule has 0 aliphatic carbocycles. The minimum Gasteiger partial charge on any atom is -0.339 e. The molecule has 1 aromatic rings. The number of halogens is 1. The molecule has 0 unspecified atom stereocenters. The minimum absolute atomic E-state index is 0. The van der Waals surface area contributed by atoms with Crippen molar-refractivity contribution in [1.29, 1.82) is 0 Å². The number of rotatable bonds is 5. The van der Waals surface area contributed by atoms with Crippen LogP contribution < -0.4 is 10.6 Å². The van der Waals surface area contributed by atoms with Crippen LogP contribution in [0.25, 0.3) is 0 Å². The summed E-state index contributed by atoms with van der Waals surface area (Å²) in [5.74, 6) is -0.0240. The summed E-state index contributed by atoms with van der Waals surface area (Å²) in [6, 6.07) is 7.03. The topological polar surface area (TPSA) is 61.4 Å². The summed E-state index contributed by atoms with van der Waals surface area (Å²) in [6.07, 6.45) is 3.06. The van der Waals surface area contributed by atoms with E-state index in [1.165, 1.54) is 0 Å². The molecule has 1 aliphatic heterocycles. The lowest BCUT2D eigenvalue weighted by Crippen LogP contribution is -2.43. The number of anilines is 1. The molecule has 1 fully saturated rings. The van der Waals surface area contributed by atoms with Gasteiger partial charge in [0.05, 0.1) is 6.04 Å². The molecular weight excluding hydrogens is 314 g/mol. The van der Waals surface area contributed by atoms with Crippen molar-refractivity contribution in [2.75, 3.05) is 25.0 Å². The van der Waals surface area contributed by atoms with Gasteiger partial charge in [-0.25, -0.2) is 0 Å². The maximum atomic E-state index is 12.3. The maximum Gasteiger partial charge on any atom is 0.253 e. The van der Waals surface area contributed by atoms with Crippen molar-refractivity contribution in [3.63, 3.8) is 0 Å². The van der Waals surface area contributed by atoms with Gasteiger partial charge >= 0.3 is 0 Å². The molecule has 1 aliphatic rings. The van der Waals surface area contributed by atoms with Gasteiger partial charge < -0.3 is 15.5 Å². The van der Waals surface area contributed by atoms with Crippen molar-refractivity contribution >= 4 is 29.9 Å². The monoisotopic (exact) mass is 339 g/mol. The molecule has 0 aromatic heterocycles. The van der Waals surface area contributed by atoms with Crippen LogP contribution in [0.3, 0.4) is 0 Å². The lowest BCUT2D eigenvalue weighted by Gasteiger charge is -2.23. The van der Waals surface area contributed by atoms with Crippen LogP contribution >= 0.6 is 12.4 Å². The molecule has 0 saturated carbocycles. The van der Waals surface area contributed by atoms with Gasteiger partial charge in [0.1, 0.15) is 0 Å². The average molecular weight is 340 g/mol. The molecule has 1 heterocycles. The third-order valence-electron chi connectivity index (χ3n) is 4.05. The molecule has 1 atom stereocenters. The second kappa shape index (κ2) is 9.53. The van der Waals surface area contributed by atoms with Crippen molar-refractivity contribution in [2.24, 2.45) is 0 Å². The first-order valence-electron chi connectivity index (χ1n) is 8.09. The van der Waals surface area contributed by atoms with Gasteiger partial charge in [0.15, 0.2) is 0 Å². The number of carbonyl (C=O) groups is 2. The van der Waals surface area contributed by atoms with Crippen LogP contribution in [0.2, 0.25) is 0 Å². The number of nitrogens with zero attached hydrogens (tertiary/aromatic N) is 1. The highest BCUT2D eigenvalue weighted by atomic mass is 35.5. The Morgan fingerprint density at radius 2 is 2.00 bits per heavy atom. The Balaban J connectivity index is 0.00000264. The van der Waals surface area contributed by atoms with Gasteiger partial charge in [0, 0.05) is 24.3 Å². The van der Waals surface area contributed by atoms with Crippen molar-refractivity contribution in [3.8, 4) is 0 Å². The first-order valence-corrected chi connectivity index (χ1v) is 8.09. The third kappa shape index (κ3) is 5.22. The molecule has 0 spiro atoms. The zero-order valence-corrected chi connectivity index (χ0v) is 14.6. The predicted molar refractivity (Wildman–Crippen MR) is 95.2 cm³/mol. The Kier molecular flexibility index (Phi) is 8.06. The van der Waals surface area contributed by atoms with Crippen LogP contribution in [-0.4, -0.2) is 42.4 Å². The van der Waals surface area contributed by atoms with Gasteiger partial charge in [-0.05, 0) is 51.4 Å². The summed E-state index contributed by atoms with van der Waals surface area (Å²) in [6.45, 7) is 6.16. The van der Waals surface area contributed by atoms with E-state index in [4.69, 9.17) is 0 Å². The third-order valence-corrected chi connectivity index (χ3v) is 4.05. The van der Waals surface area contributed by atoms with E-state index in [2.05, 4.69) is 10.6 Å². The molecule has 2 N–H and O–H groups in total. The number of piperidine rings is 1. The van der Waals surface area contributed by atoms with Crippen LogP contribution in [-0.2, 0) is 4.79 Å². The molecule has 1 saturated heterocycles. The zero-order valence-electron chi connectivity index (χ0n) is 13.8. The molecule has 128 valence electrons. The van der Waals surface area contributed by atoms with E-state index in [-0.39, 0.29) is 30.3 Å². The lowest BCUT2D eigenvalue weighted by molar-refractivity contribution is -0.118. The van der Waals surface area contributed by atoms with Gasteiger partial charge in [-0.3, -0.25) is 9.59 Å². The van der Waals surface area contributed by atoms with Crippen molar-refractivity contribution in [2.45, 2.75) is 39.2 Å². The summed E-state index contributed by atoms with van der Waals surface area (Å²) in [7, 11) is 0. The highest BCUT2D eigenvalue weighted by Crippen LogP contribution is 2.15. The van der Waals surface area contributed by atoms with Crippen molar-refractivity contribution in [3.05, 3.63) is 29.8 Å². The van der Waals surface area contributed by atoms with Crippen LogP contribution in [0, 0.1) is 0 Å². The molecule has 0 radical (unpaired) electrons. The van der Waals surface area contributed by atoms with Gasteiger partial charge in [0.25, 0.3) is 5.91 Å². The second-order valence-electron chi connectivity index (χ2n) is 5.55. The molecular formula is C17H26ClN3O2. The second-order valence-corrected chi connectivity index (χ2v) is 5.55. The molecule has 5 nitrogen and oxygen atoms in total. The normalized spacial score (nSPS) is 17.0. The van der Waals surface area contributed by atoms with E-state index < -0.39 is 0 Å². The summed E-state index contributed by atoms with van der Waals surface area (Å²) >= 11 is 0. The van der Waals surface area contributed by atoms with E-state index in [9.17, 15) is 9.59 Å². The van der Waals surface area contributed by atoms with Gasteiger partial charge in [-0.15, -0.1) is 12.4 Å². The number of hydrogen-bond donors (Lipinski definition) is 2. The van der Waals surface area contributed by atoms with Crippen LogP contribution in [0.4, 0.5) is 5.69 Å². The lowest BCUT2D eigenvalue weighted by atomic mass is 10.0. The van der Waals surface area contributed by atoms with Crippen LogP contribution in [0.15, 0.2) is 24.3 Å². The molecule has 6 heteroatoms. The number of hydrogen-bond acceptors (Lipinski definition) is 3. The fourth-order valence-electron chi connectivity index (χ4n) is 2.73. The summed E-state index contributed by atoms with van der Waals surface area (Å²) in [4.78, 5) is 26.3. The largest absolute Gasteiger partial charge is 0.339 e. The SMILES string of the molecule is CCN(CC)C(=O)c1cccc(NC(=O)[C@@H]2CCCCN2)c1.Cl. The Morgan fingerprint density at radius 1 is 1.26 bits per heavy atom. The van der Waals surface area contributed by atoms with Crippen LogP contribution in [0.5, 0.6) is 0 Å². The number of benzene rings is 1. The summed E-state index contributed by atoms with van der Waals surface area (Å²) in [5.41, 5.74) is 1.29. The van der Waals surface area contributed by atoms with Crippen molar-refractivity contribution < 1.29 is 9.59 Å². The first-order chi connectivity index (χ1) is 10.7. The fraction of sp³-hybridized carbons (Fsp3) is 0.529. The number of amides is 2. The number of nitrogens with one attached hydrogen (secondary N) is 2. The van der Waals surface area contributed by atoms with E-state index in [0.717, 1.165) is 25.8 Å². The predicted octanol–water partition coefficient (Wildman–Crippen LogP) is 2.67. The highest BCUT2D eigenvalue weighted by molar-refractivity contribution is 5.98. The molecule has 2 rings (SSSR count). The van der Waals surface area contributed by atoms with Gasteiger partial charge in [-0.2, -0.15) is 0 Å². The smallest absolute Gasteiger partial charge is 0.253 e. The van der Waals surface area contributed by atoms with E-state index in [1.54, 1.807) is 23.1 Å². The van der Waals surface area contributed by atoms with E-state index >= 15 is 0 Å². The molecule has 1 aromatic carbocycles.